The number of aliphatic hydroxyl groups is 1. The molecule has 1 atom stereocenters. The van der Waals surface area contributed by atoms with Gasteiger partial charge in [-0.15, -0.1) is 0 Å². The van der Waals surface area contributed by atoms with E-state index in [-0.39, 0.29) is 18.0 Å². The van der Waals surface area contributed by atoms with Crippen molar-refractivity contribution in [1.29, 1.82) is 0 Å². The summed E-state index contributed by atoms with van der Waals surface area (Å²) >= 11 is 0. The Bertz CT molecular complexity index is 629. The highest BCUT2D eigenvalue weighted by Crippen LogP contribution is 2.09. The van der Waals surface area contributed by atoms with Crippen molar-refractivity contribution in [2.24, 2.45) is 0 Å². The largest absolute Gasteiger partial charge is 0.390 e. The molecule has 0 amide bonds. The Morgan fingerprint density at radius 1 is 1.45 bits per heavy atom. The van der Waals surface area contributed by atoms with Crippen LogP contribution in [0.4, 0.5) is 10.1 Å². The van der Waals surface area contributed by atoms with Gasteiger partial charge in [-0.25, -0.2) is 4.39 Å². The molecule has 0 aliphatic heterocycles. The van der Waals surface area contributed by atoms with Gasteiger partial charge in [-0.05, 0) is 24.7 Å². The van der Waals surface area contributed by atoms with Crippen LogP contribution in [0, 0.1) is 15.9 Å². The van der Waals surface area contributed by atoms with Crippen molar-refractivity contribution in [3.63, 3.8) is 0 Å². The summed E-state index contributed by atoms with van der Waals surface area (Å²) in [7, 11) is 1.83. The monoisotopic (exact) mass is 308 g/mol. The molecule has 0 bridgehead atoms. The molecule has 1 N–H and O–H groups in total. The second kappa shape index (κ2) is 7.10. The van der Waals surface area contributed by atoms with E-state index < -0.39 is 11.0 Å². The molecule has 0 saturated carbocycles. The smallest absolute Gasteiger partial charge is 0.306 e. The summed E-state index contributed by atoms with van der Waals surface area (Å²) in [6, 6.07) is 6.16. The number of likely N-dealkylation sites (N-methyl/N-ethyl adjacent to an activating group) is 1. The fourth-order valence-corrected chi connectivity index (χ4v) is 2.15. The summed E-state index contributed by atoms with van der Waals surface area (Å²) in [5, 5.41) is 24.4. The van der Waals surface area contributed by atoms with Crippen LogP contribution in [0.3, 0.4) is 0 Å². The van der Waals surface area contributed by atoms with Crippen molar-refractivity contribution in [3.8, 4) is 0 Å². The summed E-state index contributed by atoms with van der Waals surface area (Å²) in [6.45, 7) is 1.10. The molecule has 8 heteroatoms. The van der Waals surface area contributed by atoms with Crippen LogP contribution >= 0.6 is 0 Å². The average Bonchev–Trinajstić information content (AvgIpc) is 2.89. The summed E-state index contributed by atoms with van der Waals surface area (Å²) in [5.74, 6) is -0.285. The highest BCUT2D eigenvalue weighted by Gasteiger charge is 2.13. The van der Waals surface area contributed by atoms with Crippen LogP contribution < -0.4 is 0 Å². The molecule has 0 saturated heterocycles. The maximum Gasteiger partial charge on any atom is 0.306 e. The number of nitrogens with zero attached hydrogens (tertiary/aromatic N) is 4. The fourth-order valence-electron chi connectivity index (χ4n) is 2.15. The molecule has 1 aromatic heterocycles. The zero-order chi connectivity index (χ0) is 16.1. The molecule has 22 heavy (non-hydrogen) atoms. The van der Waals surface area contributed by atoms with E-state index in [0.29, 0.717) is 13.1 Å². The molecular weight excluding hydrogens is 291 g/mol. The Kier molecular flexibility index (Phi) is 5.18. The molecule has 2 aromatic rings. The Morgan fingerprint density at radius 2 is 2.14 bits per heavy atom. The average molecular weight is 308 g/mol. The predicted octanol–water partition coefficient (Wildman–Crippen LogP) is 1.42. The fraction of sp³-hybridized carbons (Fsp3) is 0.357. The minimum absolute atomic E-state index is 0.105. The van der Waals surface area contributed by atoms with Crippen molar-refractivity contribution in [2.75, 3.05) is 13.6 Å². The first-order valence-corrected chi connectivity index (χ1v) is 6.72. The van der Waals surface area contributed by atoms with Crippen LogP contribution in [0.1, 0.15) is 5.56 Å². The van der Waals surface area contributed by atoms with Gasteiger partial charge in [0, 0.05) is 13.1 Å². The van der Waals surface area contributed by atoms with Crippen molar-refractivity contribution < 1.29 is 14.4 Å². The van der Waals surface area contributed by atoms with E-state index in [0.717, 1.165) is 11.8 Å². The van der Waals surface area contributed by atoms with Gasteiger partial charge in [-0.3, -0.25) is 19.7 Å². The molecule has 118 valence electrons. The van der Waals surface area contributed by atoms with Crippen LogP contribution in [0.5, 0.6) is 0 Å². The third-order valence-corrected chi connectivity index (χ3v) is 3.12. The lowest BCUT2D eigenvalue weighted by atomic mass is 10.2. The lowest BCUT2D eigenvalue weighted by molar-refractivity contribution is -0.385. The Balaban J connectivity index is 1.83. The van der Waals surface area contributed by atoms with E-state index in [1.54, 1.807) is 12.1 Å². The van der Waals surface area contributed by atoms with Gasteiger partial charge in [0.15, 0.2) is 0 Å². The van der Waals surface area contributed by atoms with Gasteiger partial charge in [-0.2, -0.15) is 5.10 Å². The summed E-state index contributed by atoms with van der Waals surface area (Å²) in [5.41, 5.74) is 0.831. The number of aromatic nitrogens is 2. The van der Waals surface area contributed by atoms with Crippen LogP contribution in [0.2, 0.25) is 0 Å². The minimum Gasteiger partial charge on any atom is -0.390 e. The summed E-state index contributed by atoms with van der Waals surface area (Å²) in [6.07, 6.45) is 1.71. The van der Waals surface area contributed by atoms with E-state index >= 15 is 0 Å². The molecule has 7 nitrogen and oxygen atoms in total. The molecule has 1 heterocycles. The minimum atomic E-state index is -0.718. The number of benzene rings is 1. The first kappa shape index (κ1) is 16.1. The molecule has 1 aromatic carbocycles. The highest BCUT2D eigenvalue weighted by molar-refractivity contribution is 5.20. The zero-order valence-corrected chi connectivity index (χ0v) is 12.1. The van der Waals surface area contributed by atoms with Crippen molar-refractivity contribution in [3.05, 3.63) is 58.2 Å². The second-order valence-electron chi connectivity index (χ2n) is 5.15. The zero-order valence-electron chi connectivity index (χ0n) is 12.1. The van der Waals surface area contributed by atoms with Gasteiger partial charge in [0.05, 0.1) is 17.6 Å². The van der Waals surface area contributed by atoms with Crippen molar-refractivity contribution >= 4 is 5.69 Å². The van der Waals surface area contributed by atoms with Crippen LogP contribution in [-0.4, -0.2) is 44.4 Å². The highest BCUT2D eigenvalue weighted by atomic mass is 19.1. The Labute approximate surface area is 126 Å². The third-order valence-electron chi connectivity index (χ3n) is 3.12. The number of hydrogen-bond acceptors (Lipinski definition) is 5. The van der Waals surface area contributed by atoms with E-state index in [1.165, 1.54) is 23.0 Å². The number of rotatable bonds is 7. The topological polar surface area (TPSA) is 84.4 Å². The quantitative estimate of drug-likeness (QED) is 0.618. The van der Waals surface area contributed by atoms with Gasteiger partial charge >= 0.3 is 5.69 Å². The second-order valence-corrected chi connectivity index (χ2v) is 5.15. The van der Waals surface area contributed by atoms with Gasteiger partial charge in [0.25, 0.3) is 0 Å². The third kappa shape index (κ3) is 4.61. The van der Waals surface area contributed by atoms with Crippen LogP contribution in [0.25, 0.3) is 0 Å². The van der Waals surface area contributed by atoms with Gasteiger partial charge in [-0.1, -0.05) is 12.1 Å². The number of halogens is 1. The van der Waals surface area contributed by atoms with Gasteiger partial charge < -0.3 is 5.11 Å². The molecule has 2 rings (SSSR count). The molecule has 0 aliphatic carbocycles. The number of aliphatic hydroxyl groups excluding tert-OH is 1. The van der Waals surface area contributed by atoms with E-state index in [2.05, 4.69) is 5.10 Å². The first-order chi connectivity index (χ1) is 10.4. The Hall–Kier alpha value is -2.32. The Morgan fingerprint density at radius 3 is 2.73 bits per heavy atom. The van der Waals surface area contributed by atoms with Crippen molar-refractivity contribution in [1.82, 2.24) is 14.7 Å². The molecule has 0 spiro atoms. The molecular formula is C14H17FN4O3. The van der Waals surface area contributed by atoms with Gasteiger partial charge in [0.2, 0.25) is 0 Å². The van der Waals surface area contributed by atoms with Crippen molar-refractivity contribution in [2.45, 2.75) is 19.2 Å². The van der Waals surface area contributed by atoms with Crippen LogP contribution in [-0.2, 0) is 13.1 Å². The molecule has 0 aliphatic rings. The number of nitro groups is 1. The predicted molar refractivity (Wildman–Crippen MR) is 77.6 cm³/mol. The standard InChI is InChI=1S/C14H17FN4O3/c1-17(7-11-2-4-12(15)5-3-11)9-14(20)10-18-8-13(6-16-18)19(21)22/h2-6,8,14,20H,7,9-10H2,1H3. The summed E-state index contributed by atoms with van der Waals surface area (Å²) < 4.78 is 14.2. The summed E-state index contributed by atoms with van der Waals surface area (Å²) in [4.78, 5) is 11.9. The lowest BCUT2D eigenvalue weighted by Crippen LogP contribution is -2.31. The SMILES string of the molecule is CN(Cc1ccc(F)cc1)CC(O)Cn1cc([N+](=O)[O-])cn1. The maximum absolute atomic E-state index is 12.8. The van der Waals surface area contributed by atoms with E-state index in [9.17, 15) is 19.6 Å². The van der Waals surface area contributed by atoms with E-state index in [4.69, 9.17) is 0 Å². The van der Waals surface area contributed by atoms with Gasteiger partial charge in [0.1, 0.15) is 18.2 Å². The molecule has 1 unspecified atom stereocenters. The van der Waals surface area contributed by atoms with Crippen LogP contribution in [0.15, 0.2) is 36.7 Å². The normalized spacial score (nSPS) is 12.5. The lowest BCUT2D eigenvalue weighted by Gasteiger charge is -2.20. The maximum atomic E-state index is 12.8. The first-order valence-electron chi connectivity index (χ1n) is 6.72. The molecule has 0 fully saturated rings. The molecule has 0 radical (unpaired) electrons. The number of hydrogen-bond donors (Lipinski definition) is 1. The van der Waals surface area contributed by atoms with E-state index in [1.807, 2.05) is 11.9 Å².